The molecular weight excluding hydrogens is 488 g/mol. The van der Waals surface area contributed by atoms with Gasteiger partial charge in [0.1, 0.15) is 6.10 Å². The van der Waals surface area contributed by atoms with E-state index in [4.69, 9.17) is 4.74 Å². The Morgan fingerprint density at radius 2 is 1.79 bits per heavy atom. The zero-order valence-corrected chi connectivity index (χ0v) is 24.2. The first-order valence-corrected chi connectivity index (χ1v) is 15.0. The number of rotatable bonds is 6. The molecule has 0 heterocycles. The number of carbonyl (C=O) groups excluding carboxylic acids is 1. The van der Waals surface area contributed by atoms with Crippen molar-refractivity contribution in [3.05, 3.63) is 11.6 Å². The topological polar surface area (TPSA) is 46.5 Å². The summed E-state index contributed by atoms with van der Waals surface area (Å²) in [7, 11) is 0. The first-order chi connectivity index (χ1) is 15.9. The van der Waals surface area contributed by atoms with E-state index >= 15 is 0 Å². The number of hydrogen-bond donors (Lipinski definition) is 1. The van der Waals surface area contributed by atoms with Crippen molar-refractivity contribution < 1.29 is 14.6 Å². The molecular formula is C30H49BrO3. The molecule has 4 heteroatoms. The third-order valence-electron chi connectivity index (χ3n) is 11.5. The second-order valence-electron chi connectivity index (χ2n) is 13.4. The third-order valence-corrected chi connectivity index (χ3v) is 12.9. The van der Waals surface area contributed by atoms with Crippen LogP contribution in [-0.2, 0) is 9.53 Å². The molecule has 0 aliphatic heterocycles. The van der Waals surface area contributed by atoms with E-state index in [0.717, 1.165) is 37.0 Å². The molecule has 0 radical (unpaired) electrons. The molecule has 3 fully saturated rings. The molecule has 11 atom stereocenters. The SMILES string of the molecule is CC(=O)O[C@H]1CC[C@@]2(C)C(=CC[C@H]3[C@@H]4CC[C@H]([C@H](C)[C@H](O)[C@H](Br)[C@H](C)C(C)C)[C@@]4(C)CC[C@@H]32)C1. The highest BCUT2D eigenvalue weighted by molar-refractivity contribution is 9.09. The number of hydrogen-bond acceptors (Lipinski definition) is 3. The standard InChI is InChI=1S/C30H49BrO3/c1-17(2)18(3)27(31)28(33)19(4)24-10-11-25-23-9-8-21-16-22(34-20(5)32)12-14-29(21,6)26(23)13-15-30(24,25)7/h8,17-19,22-28,33H,9-16H2,1-7H3/t18-,19+,22+,23+,24-,25+,26+,27-,28+,29+,30-/m1/s1. The van der Waals surface area contributed by atoms with E-state index in [1.807, 2.05) is 0 Å². The number of aliphatic hydroxyl groups is 1. The summed E-state index contributed by atoms with van der Waals surface area (Å²) in [5.74, 6) is 4.10. The van der Waals surface area contributed by atoms with Crippen LogP contribution in [0.5, 0.6) is 0 Å². The van der Waals surface area contributed by atoms with Gasteiger partial charge < -0.3 is 9.84 Å². The van der Waals surface area contributed by atoms with E-state index in [-0.39, 0.29) is 28.4 Å². The summed E-state index contributed by atoms with van der Waals surface area (Å²) in [4.78, 5) is 11.7. The molecule has 0 aromatic heterocycles. The Kier molecular flexibility index (Phi) is 7.73. The number of fused-ring (bicyclic) bond motifs is 5. The molecule has 194 valence electrons. The molecule has 0 saturated heterocycles. The summed E-state index contributed by atoms with van der Waals surface area (Å²) in [5.41, 5.74) is 2.18. The predicted octanol–water partition coefficient (Wildman–Crippen LogP) is 7.55. The van der Waals surface area contributed by atoms with Crippen molar-refractivity contribution in [1.29, 1.82) is 0 Å². The number of aliphatic hydroxyl groups excluding tert-OH is 1. The summed E-state index contributed by atoms with van der Waals surface area (Å²) in [6.45, 7) is 15.7. The van der Waals surface area contributed by atoms with Gasteiger partial charge >= 0.3 is 5.97 Å². The lowest BCUT2D eigenvalue weighted by atomic mass is 9.47. The first kappa shape index (κ1) is 26.7. The van der Waals surface area contributed by atoms with Gasteiger partial charge in [-0.1, -0.05) is 69.1 Å². The van der Waals surface area contributed by atoms with E-state index in [0.29, 0.717) is 29.1 Å². The van der Waals surface area contributed by atoms with Crippen molar-refractivity contribution in [3.8, 4) is 0 Å². The van der Waals surface area contributed by atoms with E-state index < -0.39 is 0 Å². The fraction of sp³-hybridized carbons (Fsp3) is 0.900. The van der Waals surface area contributed by atoms with Crippen LogP contribution in [0.2, 0.25) is 0 Å². The number of alkyl halides is 1. The molecule has 34 heavy (non-hydrogen) atoms. The average molecular weight is 538 g/mol. The Morgan fingerprint density at radius 1 is 1.09 bits per heavy atom. The normalized spacial score (nSPS) is 43.1. The van der Waals surface area contributed by atoms with Crippen LogP contribution < -0.4 is 0 Å². The molecule has 3 saturated carbocycles. The fourth-order valence-corrected chi connectivity index (χ4v) is 10.2. The molecule has 0 spiro atoms. The van der Waals surface area contributed by atoms with Gasteiger partial charge in [0.15, 0.2) is 0 Å². The molecule has 1 N–H and O–H groups in total. The largest absolute Gasteiger partial charge is 0.462 e. The van der Waals surface area contributed by atoms with E-state index in [1.54, 1.807) is 5.57 Å². The summed E-state index contributed by atoms with van der Waals surface area (Å²) in [6.07, 6.45) is 11.8. The summed E-state index contributed by atoms with van der Waals surface area (Å²) in [6, 6.07) is 0. The number of allylic oxidation sites excluding steroid dienone is 1. The maximum atomic E-state index is 11.5. The van der Waals surface area contributed by atoms with Crippen LogP contribution in [0, 0.1) is 52.3 Å². The lowest BCUT2D eigenvalue weighted by Crippen LogP contribution is -2.52. The molecule has 0 amide bonds. The molecule has 4 aliphatic rings. The fourth-order valence-electron chi connectivity index (χ4n) is 9.07. The second-order valence-corrected chi connectivity index (χ2v) is 14.4. The number of ether oxygens (including phenoxy) is 1. The molecule has 0 bridgehead atoms. The van der Waals surface area contributed by atoms with Gasteiger partial charge in [0.25, 0.3) is 0 Å². The molecule has 4 aliphatic carbocycles. The van der Waals surface area contributed by atoms with Crippen molar-refractivity contribution in [1.82, 2.24) is 0 Å². The van der Waals surface area contributed by atoms with Crippen LogP contribution in [0.25, 0.3) is 0 Å². The summed E-state index contributed by atoms with van der Waals surface area (Å²) >= 11 is 3.89. The molecule has 0 aromatic carbocycles. The van der Waals surface area contributed by atoms with Crippen molar-refractivity contribution >= 4 is 21.9 Å². The monoisotopic (exact) mass is 536 g/mol. The van der Waals surface area contributed by atoms with Crippen molar-refractivity contribution in [3.63, 3.8) is 0 Å². The van der Waals surface area contributed by atoms with Gasteiger partial charge in [-0.2, -0.15) is 0 Å². The van der Waals surface area contributed by atoms with Gasteiger partial charge in [-0.15, -0.1) is 0 Å². The first-order valence-electron chi connectivity index (χ1n) is 14.1. The van der Waals surface area contributed by atoms with Gasteiger partial charge in [-0.25, -0.2) is 0 Å². The number of esters is 1. The Morgan fingerprint density at radius 3 is 2.44 bits per heavy atom. The highest BCUT2D eigenvalue weighted by Gasteiger charge is 2.60. The Hall–Kier alpha value is -0.350. The maximum absolute atomic E-state index is 11.5. The van der Waals surface area contributed by atoms with Crippen LogP contribution in [0.1, 0.15) is 99.8 Å². The minimum atomic E-state index is -0.289. The van der Waals surface area contributed by atoms with Crippen molar-refractivity contribution in [2.24, 2.45) is 52.3 Å². The number of carbonyl (C=O) groups is 1. The zero-order chi connectivity index (χ0) is 25.0. The van der Waals surface area contributed by atoms with E-state index in [1.165, 1.54) is 39.0 Å². The van der Waals surface area contributed by atoms with Crippen LogP contribution in [0.4, 0.5) is 0 Å². The highest BCUT2D eigenvalue weighted by Crippen LogP contribution is 2.67. The van der Waals surface area contributed by atoms with Crippen LogP contribution in [0.15, 0.2) is 11.6 Å². The highest BCUT2D eigenvalue weighted by atomic mass is 79.9. The van der Waals surface area contributed by atoms with Gasteiger partial charge in [0, 0.05) is 18.2 Å². The lowest BCUT2D eigenvalue weighted by molar-refractivity contribution is -0.148. The molecule has 3 nitrogen and oxygen atoms in total. The Labute approximate surface area is 217 Å². The van der Waals surface area contributed by atoms with Gasteiger partial charge in [-0.05, 0) is 97.2 Å². The van der Waals surface area contributed by atoms with E-state index in [9.17, 15) is 9.90 Å². The van der Waals surface area contributed by atoms with Gasteiger partial charge in [0.05, 0.1) is 6.10 Å². The zero-order valence-electron chi connectivity index (χ0n) is 22.6. The van der Waals surface area contributed by atoms with Crippen molar-refractivity contribution in [2.45, 2.75) is 117 Å². The predicted molar refractivity (Wildman–Crippen MR) is 143 cm³/mol. The molecule has 0 aromatic rings. The van der Waals surface area contributed by atoms with E-state index in [2.05, 4.69) is 63.5 Å². The Bertz CT molecular complexity index is 792. The molecule has 0 unspecified atom stereocenters. The number of halogens is 1. The second kappa shape index (κ2) is 9.84. The van der Waals surface area contributed by atoms with Crippen LogP contribution in [0.3, 0.4) is 0 Å². The minimum Gasteiger partial charge on any atom is -0.462 e. The third kappa shape index (κ3) is 4.46. The van der Waals surface area contributed by atoms with Gasteiger partial charge in [0.2, 0.25) is 0 Å². The summed E-state index contributed by atoms with van der Waals surface area (Å²) < 4.78 is 5.61. The average Bonchev–Trinajstić information content (AvgIpc) is 3.14. The lowest BCUT2D eigenvalue weighted by Gasteiger charge is -2.58. The quantitative estimate of drug-likeness (QED) is 0.216. The Balaban J connectivity index is 1.51. The van der Waals surface area contributed by atoms with Crippen molar-refractivity contribution in [2.75, 3.05) is 0 Å². The van der Waals surface area contributed by atoms with Gasteiger partial charge in [-0.3, -0.25) is 4.79 Å². The minimum absolute atomic E-state index is 0.0749. The summed E-state index contributed by atoms with van der Waals surface area (Å²) in [5, 5.41) is 11.4. The van der Waals surface area contributed by atoms with Crippen LogP contribution in [-0.4, -0.2) is 28.1 Å². The van der Waals surface area contributed by atoms with Crippen LogP contribution >= 0.6 is 15.9 Å². The smallest absolute Gasteiger partial charge is 0.302 e. The maximum Gasteiger partial charge on any atom is 0.302 e. The molecule has 4 rings (SSSR count).